The van der Waals surface area contributed by atoms with Gasteiger partial charge in [0.05, 0.1) is 0 Å². The molecule has 114 valence electrons. The molecule has 6 nitrogen and oxygen atoms in total. The van der Waals surface area contributed by atoms with Crippen LogP contribution in [0.3, 0.4) is 0 Å². The Balaban J connectivity index is 1.71. The van der Waals surface area contributed by atoms with E-state index in [0.717, 1.165) is 25.2 Å². The Bertz CT molecular complexity index is 470. The molecule has 0 aliphatic carbocycles. The minimum atomic E-state index is -0.234. The fourth-order valence-electron chi connectivity index (χ4n) is 2.33. The lowest BCUT2D eigenvalue weighted by Crippen LogP contribution is -2.49. The summed E-state index contributed by atoms with van der Waals surface area (Å²) in [6.07, 6.45) is 3.31. The summed E-state index contributed by atoms with van der Waals surface area (Å²) in [7, 11) is 0. The van der Waals surface area contributed by atoms with Gasteiger partial charge in [0.1, 0.15) is 6.42 Å². The standard InChI is InChI=1S/C15H22N4O2/c1-2-18-6-8-19(9-7-18)15(21)10-14(20)17-12-13-4-3-5-16-11-13/h3-5,11H,2,6-10,12H2,1H3,(H,17,20). The lowest BCUT2D eigenvalue weighted by Gasteiger charge is -2.33. The molecule has 21 heavy (non-hydrogen) atoms. The zero-order valence-corrected chi connectivity index (χ0v) is 12.4. The molecule has 0 bridgehead atoms. The minimum absolute atomic E-state index is 0.0770. The number of rotatable bonds is 5. The van der Waals surface area contributed by atoms with Gasteiger partial charge in [-0.1, -0.05) is 13.0 Å². The van der Waals surface area contributed by atoms with Crippen LogP contribution in [0, 0.1) is 0 Å². The molecule has 0 spiro atoms. The predicted octanol–water partition coefficient (Wildman–Crippen LogP) is 0.252. The van der Waals surface area contributed by atoms with Gasteiger partial charge in [-0.25, -0.2) is 0 Å². The molecule has 2 rings (SSSR count). The Hall–Kier alpha value is -1.95. The van der Waals surface area contributed by atoms with Gasteiger partial charge in [0.25, 0.3) is 0 Å². The largest absolute Gasteiger partial charge is 0.352 e. The van der Waals surface area contributed by atoms with E-state index in [2.05, 4.69) is 22.1 Å². The number of amides is 2. The molecule has 0 unspecified atom stereocenters. The third kappa shape index (κ3) is 4.82. The highest BCUT2D eigenvalue weighted by Gasteiger charge is 2.21. The molecule has 0 atom stereocenters. The van der Waals surface area contributed by atoms with Crippen molar-refractivity contribution >= 4 is 11.8 Å². The summed E-state index contributed by atoms with van der Waals surface area (Å²) in [5.41, 5.74) is 0.926. The lowest BCUT2D eigenvalue weighted by molar-refractivity contribution is -0.137. The predicted molar refractivity (Wildman–Crippen MR) is 79.4 cm³/mol. The van der Waals surface area contributed by atoms with E-state index < -0.39 is 0 Å². The molecule has 1 saturated heterocycles. The zero-order chi connectivity index (χ0) is 15.1. The molecular weight excluding hydrogens is 268 g/mol. The average Bonchev–Trinajstić information content (AvgIpc) is 2.54. The molecule has 1 aliphatic rings. The van der Waals surface area contributed by atoms with Gasteiger partial charge in [-0.15, -0.1) is 0 Å². The summed E-state index contributed by atoms with van der Waals surface area (Å²) >= 11 is 0. The molecule has 2 heterocycles. The van der Waals surface area contributed by atoms with E-state index in [9.17, 15) is 9.59 Å². The van der Waals surface area contributed by atoms with E-state index in [1.54, 1.807) is 17.3 Å². The van der Waals surface area contributed by atoms with E-state index in [1.165, 1.54) is 0 Å². The summed E-state index contributed by atoms with van der Waals surface area (Å²) in [6, 6.07) is 3.71. The van der Waals surface area contributed by atoms with Crippen molar-refractivity contribution in [2.24, 2.45) is 0 Å². The molecule has 0 radical (unpaired) electrons. The zero-order valence-electron chi connectivity index (χ0n) is 12.4. The fraction of sp³-hybridized carbons (Fsp3) is 0.533. The monoisotopic (exact) mass is 290 g/mol. The Morgan fingerprint density at radius 1 is 1.29 bits per heavy atom. The van der Waals surface area contributed by atoms with E-state index in [4.69, 9.17) is 0 Å². The highest BCUT2D eigenvalue weighted by atomic mass is 16.2. The van der Waals surface area contributed by atoms with Crippen LogP contribution in [0.2, 0.25) is 0 Å². The first-order valence-electron chi connectivity index (χ1n) is 7.34. The number of hydrogen-bond acceptors (Lipinski definition) is 4. The number of nitrogens with zero attached hydrogens (tertiary/aromatic N) is 3. The second-order valence-corrected chi connectivity index (χ2v) is 5.13. The van der Waals surface area contributed by atoms with Crippen LogP contribution in [0.5, 0.6) is 0 Å². The third-order valence-corrected chi connectivity index (χ3v) is 3.70. The SMILES string of the molecule is CCN1CCN(C(=O)CC(=O)NCc2cccnc2)CC1. The number of nitrogens with one attached hydrogen (secondary N) is 1. The van der Waals surface area contributed by atoms with E-state index in [1.807, 2.05) is 12.1 Å². The smallest absolute Gasteiger partial charge is 0.232 e. The van der Waals surface area contributed by atoms with Crippen LogP contribution in [0.4, 0.5) is 0 Å². The van der Waals surface area contributed by atoms with Crippen molar-refractivity contribution in [1.29, 1.82) is 0 Å². The Kier molecular flexibility index (Phi) is 5.68. The van der Waals surface area contributed by atoms with Crippen molar-refractivity contribution in [1.82, 2.24) is 20.1 Å². The van der Waals surface area contributed by atoms with Gasteiger partial charge in [-0.3, -0.25) is 14.6 Å². The molecule has 6 heteroatoms. The maximum absolute atomic E-state index is 12.0. The van der Waals surface area contributed by atoms with Gasteiger partial charge in [-0.2, -0.15) is 0 Å². The Morgan fingerprint density at radius 2 is 2.05 bits per heavy atom. The Morgan fingerprint density at radius 3 is 2.67 bits per heavy atom. The van der Waals surface area contributed by atoms with Crippen LogP contribution >= 0.6 is 0 Å². The van der Waals surface area contributed by atoms with Crippen molar-refractivity contribution in [2.45, 2.75) is 19.9 Å². The van der Waals surface area contributed by atoms with Gasteiger partial charge in [0.2, 0.25) is 11.8 Å². The summed E-state index contributed by atoms with van der Waals surface area (Å²) in [4.78, 5) is 31.9. The van der Waals surface area contributed by atoms with Gasteiger partial charge >= 0.3 is 0 Å². The summed E-state index contributed by atoms with van der Waals surface area (Å²) in [5.74, 6) is -0.323. The van der Waals surface area contributed by atoms with Crippen LogP contribution < -0.4 is 5.32 Å². The van der Waals surface area contributed by atoms with Gasteiger partial charge in [-0.05, 0) is 18.2 Å². The number of piperazine rings is 1. The number of carbonyl (C=O) groups is 2. The summed E-state index contributed by atoms with van der Waals surface area (Å²) in [5, 5.41) is 2.75. The third-order valence-electron chi connectivity index (χ3n) is 3.70. The molecule has 1 aromatic rings. The molecule has 2 amide bonds. The highest BCUT2D eigenvalue weighted by Crippen LogP contribution is 2.03. The van der Waals surface area contributed by atoms with Crippen LogP contribution in [-0.2, 0) is 16.1 Å². The highest BCUT2D eigenvalue weighted by molar-refractivity contribution is 5.96. The maximum Gasteiger partial charge on any atom is 0.232 e. The Labute approximate surface area is 125 Å². The number of hydrogen-bond donors (Lipinski definition) is 1. The number of pyridine rings is 1. The van der Waals surface area contributed by atoms with E-state index in [-0.39, 0.29) is 18.2 Å². The van der Waals surface area contributed by atoms with Gasteiger partial charge in [0.15, 0.2) is 0 Å². The molecule has 0 saturated carbocycles. The summed E-state index contributed by atoms with van der Waals surface area (Å²) < 4.78 is 0. The molecule has 1 fully saturated rings. The van der Waals surface area contributed by atoms with Crippen molar-refractivity contribution in [3.63, 3.8) is 0 Å². The number of aromatic nitrogens is 1. The van der Waals surface area contributed by atoms with Crippen molar-refractivity contribution in [3.8, 4) is 0 Å². The maximum atomic E-state index is 12.0. The molecule has 1 aliphatic heterocycles. The van der Waals surface area contributed by atoms with Crippen LogP contribution in [0.1, 0.15) is 18.9 Å². The normalized spacial score (nSPS) is 15.8. The second kappa shape index (κ2) is 7.73. The van der Waals surface area contributed by atoms with Crippen LogP contribution in [0.15, 0.2) is 24.5 Å². The first-order chi connectivity index (χ1) is 10.2. The topological polar surface area (TPSA) is 65.5 Å². The van der Waals surface area contributed by atoms with Gasteiger partial charge < -0.3 is 15.1 Å². The van der Waals surface area contributed by atoms with Gasteiger partial charge in [0, 0.05) is 45.1 Å². The lowest BCUT2D eigenvalue weighted by atomic mass is 10.2. The quantitative estimate of drug-likeness (QED) is 0.790. The van der Waals surface area contributed by atoms with E-state index >= 15 is 0 Å². The van der Waals surface area contributed by atoms with E-state index in [0.29, 0.717) is 19.6 Å². The first kappa shape index (κ1) is 15.4. The number of carbonyl (C=O) groups excluding carboxylic acids is 2. The fourth-order valence-corrected chi connectivity index (χ4v) is 2.33. The summed E-state index contributed by atoms with van der Waals surface area (Å²) in [6.45, 7) is 6.73. The average molecular weight is 290 g/mol. The molecule has 1 aromatic heterocycles. The van der Waals surface area contributed by atoms with Crippen molar-refractivity contribution in [3.05, 3.63) is 30.1 Å². The van der Waals surface area contributed by atoms with Crippen LogP contribution in [0.25, 0.3) is 0 Å². The first-order valence-corrected chi connectivity index (χ1v) is 7.34. The molecule has 0 aromatic carbocycles. The molecule has 1 N–H and O–H groups in total. The minimum Gasteiger partial charge on any atom is -0.352 e. The molecular formula is C15H22N4O2. The van der Waals surface area contributed by atoms with Crippen LogP contribution in [-0.4, -0.2) is 59.3 Å². The van der Waals surface area contributed by atoms with Crippen molar-refractivity contribution in [2.75, 3.05) is 32.7 Å². The second-order valence-electron chi connectivity index (χ2n) is 5.13. The number of likely N-dealkylation sites (N-methyl/N-ethyl adjacent to an activating group) is 1. The van der Waals surface area contributed by atoms with Crippen molar-refractivity contribution < 1.29 is 9.59 Å².